The van der Waals surface area contributed by atoms with E-state index in [9.17, 15) is 5.11 Å². The summed E-state index contributed by atoms with van der Waals surface area (Å²) in [7, 11) is 1.70. The van der Waals surface area contributed by atoms with Crippen LogP contribution in [0.2, 0.25) is 0 Å². The largest absolute Gasteiger partial charge is 0.464 e. The van der Waals surface area contributed by atoms with E-state index in [-0.39, 0.29) is 24.0 Å². The number of aliphatic imine (C=N–C) groups is 1. The molecule has 0 aromatic carbocycles. The third kappa shape index (κ3) is 5.90. The molecule has 0 fully saturated rings. The minimum atomic E-state index is -0.701. The van der Waals surface area contributed by atoms with E-state index in [0.717, 1.165) is 9.55 Å². The Morgan fingerprint density at radius 2 is 2.23 bits per heavy atom. The predicted molar refractivity (Wildman–Crippen MR) is 104 cm³/mol. The third-order valence-electron chi connectivity index (χ3n) is 2.86. The molecule has 0 bridgehead atoms. The first kappa shape index (κ1) is 19.5. The minimum Gasteiger partial charge on any atom is -0.464 e. The standard InChI is InChI=1S/C14H18BrN3O2S.HI/c1-9-3-4-12(20-9)11(19)7-18-14(16-2)17-6-10-5-13(15)21-8-10;/h3-5,8,11,19H,6-7H2,1-2H3,(H2,16,17,18);1H. The molecule has 0 saturated heterocycles. The number of nitrogens with one attached hydrogen (secondary N) is 2. The van der Waals surface area contributed by atoms with Crippen LogP contribution in [0.1, 0.15) is 23.2 Å². The van der Waals surface area contributed by atoms with E-state index in [1.165, 1.54) is 5.56 Å². The quantitative estimate of drug-likeness (QED) is 0.335. The number of hydrogen-bond acceptors (Lipinski definition) is 4. The van der Waals surface area contributed by atoms with E-state index in [4.69, 9.17) is 4.42 Å². The van der Waals surface area contributed by atoms with Gasteiger partial charge in [-0.3, -0.25) is 4.99 Å². The Hall–Kier alpha value is -0.580. The second-order valence-electron chi connectivity index (χ2n) is 4.53. The van der Waals surface area contributed by atoms with Crippen LogP contribution in [0.5, 0.6) is 0 Å². The highest BCUT2D eigenvalue weighted by Gasteiger charge is 2.12. The van der Waals surface area contributed by atoms with Gasteiger partial charge in [0.2, 0.25) is 0 Å². The first-order valence-corrected chi connectivity index (χ1v) is 8.17. The second-order valence-corrected chi connectivity index (χ2v) is 6.82. The topological polar surface area (TPSA) is 69.8 Å². The number of furan rings is 1. The Kier molecular flexibility index (Phi) is 8.44. The number of hydrogen-bond donors (Lipinski definition) is 3. The fourth-order valence-corrected chi connectivity index (χ4v) is 2.98. The van der Waals surface area contributed by atoms with Gasteiger partial charge in [0.15, 0.2) is 5.96 Å². The molecule has 2 aromatic rings. The maximum Gasteiger partial charge on any atom is 0.191 e. The van der Waals surface area contributed by atoms with Gasteiger partial charge in [-0.05, 0) is 52.0 Å². The van der Waals surface area contributed by atoms with E-state index < -0.39 is 6.10 Å². The minimum absolute atomic E-state index is 0. The molecular formula is C14H19BrIN3O2S. The van der Waals surface area contributed by atoms with E-state index in [0.29, 0.717) is 24.8 Å². The summed E-state index contributed by atoms with van der Waals surface area (Å²) in [5.74, 6) is 1.98. The van der Waals surface area contributed by atoms with E-state index in [2.05, 4.69) is 43.0 Å². The Morgan fingerprint density at radius 3 is 2.77 bits per heavy atom. The molecule has 2 rings (SSSR count). The number of thiophene rings is 1. The summed E-state index contributed by atoms with van der Waals surface area (Å²) in [5.41, 5.74) is 1.18. The van der Waals surface area contributed by atoms with Crippen LogP contribution in [-0.2, 0) is 6.54 Å². The second kappa shape index (κ2) is 9.53. The zero-order valence-electron chi connectivity index (χ0n) is 12.3. The summed E-state index contributed by atoms with van der Waals surface area (Å²) in [4.78, 5) is 4.13. The molecule has 3 N–H and O–H groups in total. The molecule has 0 saturated carbocycles. The zero-order chi connectivity index (χ0) is 15.2. The van der Waals surface area contributed by atoms with Gasteiger partial charge in [0.05, 0.1) is 10.3 Å². The van der Waals surface area contributed by atoms with Gasteiger partial charge in [-0.1, -0.05) is 0 Å². The van der Waals surface area contributed by atoms with Gasteiger partial charge in [-0.2, -0.15) is 0 Å². The van der Waals surface area contributed by atoms with Gasteiger partial charge < -0.3 is 20.2 Å². The highest BCUT2D eigenvalue weighted by atomic mass is 127. The molecule has 22 heavy (non-hydrogen) atoms. The van der Waals surface area contributed by atoms with E-state index >= 15 is 0 Å². The Bertz CT molecular complexity index is 615. The van der Waals surface area contributed by atoms with Crippen LogP contribution in [0.25, 0.3) is 0 Å². The Morgan fingerprint density at radius 1 is 1.45 bits per heavy atom. The molecule has 0 radical (unpaired) electrons. The van der Waals surface area contributed by atoms with Crippen molar-refractivity contribution in [3.63, 3.8) is 0 Å². The van der Waals surface area contributed by atoms with Crippen LogP contribution in [0.15, 0.2) is 36.8 Å². The van der Waals surface area contributed by atoms with Crippen LogP contribution in [0.3, 0.4) is 0 Å². The molecular weight excluding hydrogens is 481 g/mol. The Labute approximate surface area is 159 Å². The molecule has 0 aliphatic heterocycles. The lowest BCUT2D eigenvalue weighted by Crippen LogP contribution is -2.38. The fourth-order valence-electron chi connectivity index (χ4n) is 1.77. The van der Waals surface area contributed by atoms with Crippen molar-refractivity contribution in [2.24, 2.45) is 4.99 Å². The average Bonchev–Trinajstić information content (AvgIpc) is 3.07. The molecule has 0 amide bonds. The molecule has 122 valence electrons. The number of aliphatic hydroxyl groups excluding tert-OH is 1. The number of aryl methyl sites for hydroxylation is 1. The third-order valence-corrected chi connectivity index (χ3v) is 4.41. The first-order valence-electron chi connectivity index (χ1n) is 6.50. The fraction of sp³-hybridized carbons (Fsp3) is 0.357. The van der Waals surface area contributed by atoms with Crippen molar-refractivity contribution in [2.45, 2.75) is 19.6 Å². The highest BCUT2D eigenvalue weighted by molar-refractivity contribution is 14.0. The van der Waals surface area contributed by atoms with E-state index in [1.54, 1.807) is 24.5 Å². The summed E-state index contributed by atoms with van der Waals surface area (Å²) < 4.78 is 6.49. The molecule has 2 heterocycles. The lowest BCUT2D eigenvalue weighted by atomic mass is 10.3. The molecule has 1 atom stereocenters. The summed E-state index contributed by atoms with van der Waals surface area (Å²) in [6, 6.07) is 5.67. The van der Waals surface area contributed by atoms with E-state index in [1.807, 2.05) is 13.0 Å². The molecule has 2 aromatic heterocycles. The first-order chi connectivity index (χ1) is 10.1. The van der Waals surface area contributed by atoms with Crippen LogP contribution in [0, 0.1) is 6.92 Å². The lowest BCUT2D eigenvalue weighted by Gasteiger charge is -2.13. The summed E-state index contributed by atoms with van der Waals surface area (Å²) >= 11 is 5.08. The van der Waals surface area contributed by atoms with Crippen LogP contribution >= 0.6 is 51.2 Å². The van der Waals surface area contributed by atoms with Gasteiger partial charge in [-0.25, -0.2) is 0 Å². The van der Waals surface area contributed by atoms with Crippen LogP contribution in [-0.4, -0.2) is 24.7 Å². The lowest BCUT2D eigenvalue weighted by molar-refractivity contribution is 0.151. The molecule has 5 nitrogen and oxygen atoms in total. The number of rotatable bonds is 5. The van der Waals surface area contributed by atoms with Gasteiger partial charge in [0.1, 0.15) is 17.6 Å². The smallest absolute Gasteiger partial charge is 0.191 e. The zero-order valence-corrected chi connectivity index (χ0v) is 17.0. The summed E-state index contributed by atoms with van der Waals surface area (Å²) in [6.07, 6.45) is -0.701. The van der Waals surface area contributed by atoms with Crippen molar-refractivity contribution >= 4 is 57.2 Å². The maximum absolute atomic E-state index is 10.0. The number of aliphatic hydroxyl groups is 1. The van der Waals surface area contributed by atoms with Crippen molar-refractivity contribution in [1.82, 2.24) is 10.6 Å². The number of nitrogens with zero attached hydrogens (tertiary/aromatic N) is 1. The number of halogens is 2. The maximum atomic E-state index is 10.0. The molecule has 0 spiro atoms. The van der Waals surface area contributed by atoms with Crippen LogP contribution in [0.4, 0.5) is 0 Å². The van der Waals surface area contributed by atoms with Crippen molar-refractivity contribution in [2.75, 3.05) is 13.6 Å². The molecule has 0 aliphatic rings. The predicted octanol–water partition coefficient (Wildman–Crippen LogP) is 3.43. The van der Waals surface area contributed by atoms with Crippen molar-refractivity contribution in [3.8, 4) is 0 Å². The van der Waals surface area contributed by atoms with Gasteiger partial charge in [0.25, 0.3) is 0 Å². The van der Waals surface area contributed by atoms with Crippen LogP contribution < -0.4 is 10.6 Å². The highest BCUT2D eigenvalue weighted by Crippen LogP contribution is 2.20. The van der Waals surface area contributed by atoms with Gasteiger partial charge >= 0.3 is 0 Å². The number of guanidine groups is 1. The molecule has 0 aliphatic carbocycles. The SMILES string of the molecule is CN=C(NCc1csc(Br)c1)NCC(O)c1ccc(C)o1.I. The summed E-state index contributed by atoms with van der Waals surface area (Å²) in [5, 5.41) is 18.4. The average molecular weight is 500 g/mol. The van der Waals surface area contributed by atoms with Crippen molar-refractivity contribution in [3.05, 3.63) is 44.4 Å². The monoisotopic (exact) mass is 499 g/mol. The van der Waals surface area contributed by atoms with Gasteiger partial charge in [-0.15, -0.1) is 35.3 Å². The van der Waals surface area contributed by atoms with Crippen molar-refractivity contribution in [1.29, 1.82) is 0 Å². The Balaban J connectivity index is 0.00000242. The normalized spacial score (nSPS) is 12.6. The summed E-state index contributed by atoms with van der Waals surface area (Å²) in [6.45, 7) is 2.86. The van der Waals surface area contributed by atoms with Crippen molar-refractivity contribution < 1.29 is 9.52 Å². The van der Waals surface area contributed by atoms with Gasteiger partial charge in [0, 0.05) is 13.6 Å². The molecule has 1 unspecified atom stereocenters. The molecule has 8 heteroatoms.